The lowest BCUT2D eigenvalue weighted by Gasteiger charge is -2.14. The summed E-state index contributed by atoms with van der Waals surface area (Å²) in [6.45, 7) is 1.91. The molecule has 0 spiro atoms. The molecule has 0 amide bonds. The summed E-state index contributed by atoms with van der Waals surface area (Å²) in [6.07, 6.45) is -0.265. The van der Waals surface area contributed by atoms with Crippen LogP contribution in [0.4, 0.5) is 15.8 Å². The topological polar surface area (TPSA) is 62.2 Å². The fourth-order valence-electron chi connectivity index (χ4n) is 2.30. The summed E-state index contributed by atoms with van der Waals surface area (Å²) >= 11 is 1.20. The highest BCUT2D eigenvalue weighted by Gasteiger charge is 2.18. The van der Waals surface area contributed by atoms with Gasteiger partial charge in [0, 0.05) is 5.69 Å². The number of aromatic nitrogens is 1. The van der Waals surface area contributed by atoms with Crippen LogP contribution in [0.2, 0.25) is 0 Å². The first-order chi connectivity index (χ1) is 10.6. The number of fused-ring (bicyclic) bond motifs is 1. The van der Waals surface area contributed by atoms with E-state index in [2.05, 4.69) is 10.3 Å². The van der Waals surface area contributed by atoms with Crippen molar-refractivity contribution in [1.82, 2.24) is 4.98 Å². The Hall–Kier alpha value is -2.47. The SMILES string of the molecule is Cc1ccccc1Nc1c(CC(=O)O)cc2ncsc2c1F. The average Bonchev–Trinajstić information content (AvgIpc) is 2.93. The zero-order valence-electron chi connectivity index (χ0n) is 11.8. The van der Waals surface area contributed by atoms with Crippen molar-refractivity contribution in [3.8, 4) is 0 Å². The van der Waals surface area contributed by atoms with E-state index in [1.165, 1.54) is 11.3 Å². The number of hydrogen-bond acceptors (Lipinski definition) is 4. The van der Waals surface area contributed by atoms with Gasteiger partial charge in [0.15, 0.2) is 5.82 Å². The van der Waals surface area contributed by atoms with Crippen LogP contribution in [0.1, 0.15) is 11.1 Å². The number of rotatable bonds is 4. The lowest BCUT2D eigenvalue weighted by Crippen LogP contribution is -2.06. The van der Waals surface area contributed by atoms with Crippen molar-refractivity contribution < 1.29 is 14.3 Å². The van der Waals surface area contributed by atoms with E-state index in [9.17, 15) is 9.18 Å². The van der Waals surface area contributed by atoms with Crippen LogP contribution in [-0.2, 0) is 11.2 Å². The number of halogens is 1. The standard InChI is InChI=1S/C16H13FN2O2S/c1-9-4-2-3-5-11(9)19-15-10(7-13(20)21)6-12-16(14(15)17)22-8-18-12/h2-6,8,19H,7H2,1H3,(H,20,21). The molecule has 0 fully saturated rings. The van der Waals surface area contributed by atoms with Crippen LogP contribution < -0.4 is 5.32 Å². The van der Waals surface area contributed by atoms with Crippen molar-refractivity contribution in [2.75, 3.05) is 5.32 Å². The molecule has 112 valence electrons. The van der Waals surface area contributed by atoms with Crippen molar-refractivity contribution in [1.29, 1.82) is 0 Å². The van der Waals surface area contributed by atoms with Crippen molar-refractivity contribution in [2.24, 2.45) is 0 Å². The largest absolute Gasteiger partial charge is 0.481 e. The van der Waals surface area contributed by atoms with Crippen LogP contribution in [0.3, 0.4) is 0 Å². The van der Waals surface area contributed by atoms with Crippen molar-refractivity contribution >= 4 is 38.9 Å². The van der Waals surface area contributed by atoms with Gasteiger partial charge in [-0.25, -0.2) is 9.37 Å². The maximum absolute atomic E-state index is 14.7. The van der Waals surface area contributed by atoms with Gasteiger partial charge >= 0.3 is 5.97 Å². The fraction of sp³-hybridized carbons (Fsp3) is 0.125. The van der Waals surface area contributed by atoms with E-state index in [0.717, 1.165) is 11.3 Å². The molecule has 1 aromatic heterocycles. The normalized spacial score (nSPS) is 10.8. The zero-order valence-corrected chi connectivity index (χ0v) is 12.6. The molecule has 3 rings (SSSR count). The van der Waals surface area contributed by atoms with Gasteiger partial charge in [-0.3, -0.25) is 4.79 Å². The molecule has 22 heavy (non-hydrogen) atoms. The molecule has 0 saturated carbocycles. The molecule has 1 heterocycles. The number of benzene rings is 2. The summed E-state index contributed by atoms with van der Waals surface area (Å²) in [6, 6.07) is 9.10. The molecule has 0 radical (unpaired) electrons. The van der Waals surface area contributed by atoms with E-state index >= 15 is 0 Å². The highest BCUT2D eigenvalue weighted by atomic mass is 32.1. The van der Waals surface area contributed by atoms with E-state index in [1.54, 1.807) is 11.6 Å². The molecular formula is C16H13FN2O2S. The third-order valence-electron chi connectivity index (χ3n) is 3.39. The van der Waals surface area contributed by atoms with Gasteiger partial charge < -0.3 is 10.4 Å². The Morgan fingerprint density at radius 3 is 2.91 bits per heavy atom. The smallest absolute Gasteiger partial charge is 0.307 e. The first-order valence-electron chi connectivity index (χ1n) is 6.65. The molecule has 6 heteroatoms. The van der Waals surface area contributed by atoms with Gasteiger partial charge in [0.1, 0.15) is 0 Å². The summed E-state index contributed by atoms with van der Waals surface area (Å²) in [5.74, 6) is -1.47. The van der Waals surface area contributed by atoms with Gasteiger partial charge in [0.05, 0.1) is 27.8 Å². The molecule has 0 atom stereocenters. The Bertz CT molecular complexity index is 860. The van der Waals surface area contributed by atoms with Gasteiger partial charge in [-0.2, -0.15) is 0 Å². The molecule has 0 aliphatic heterocycles. The Morgan fingerprint density at radius 1 is 1.41 bits per heavy atom. The number of nitrogens with one attached hydrogen (secondary N) is 1. The Morgan fingerprint density at radius 2 is 2.18 bits per heavy atom. The van der Waals surface area contributed by atoms with Crippen LogP contribution in [0.15, 0.2) is 35.8 Å². The molecule has 3 aromatic rings. The predicted octanol–water partition coefficient (Wildman–Crippen LogP) is 4.11. The molecule has 4 nitrogen and oxygen atoms in total. The van der Waals surface area contributed by atoms with Gasteiger partial charge in [-0.05, 0) is 30.2 Å². The maximum Gasteiger partial charge on any atom is 0.307 e. The second-order valence-electron chi connectivity index (χ2n) is 4.94. The van der Waals surface area contributed by atoms with Crippen molar-refractivity contribution in [2.45, 2.75) is 13.3 Å². The second kappa shape index (κ2) is 5.73. The minimum atomic E-state index is -1.01. The molecule has 2 aromatic carbocycles. The number of anilines is 2. The lowest BCUT2D eigenvalue weighted by atomic mass is 10.1. The first kappa shape index (κ1) is 14.5. The number of carbonyl (C=O) groups is 1. The van der Waals surface area contributed by atoms with E-state index in [0.29, 0.717) is 15.8 Å². The predicted molar refractivity (Wildman–Crippen MR) is 85.4 cm³/mol. The van der Waals surface area contributed by atoms with Crippen LogP contribution in [0, 0.1) is 12.7 Å². The van der Waals surface area contributed by atoms with Gasteiger partial charge in [0.2, 0.25) is 0 Å². The van der Waals surface area contributed by atoms with E-state index in [1.807, 2.05) is 31.2 Å². The minimum Gasteiger partial charge on any atom is -0.481 e. The van der Waals surface area contributed by atoms with Gasteiger partial charge in [0.25, 0.3) is 0 Å². The number of aliphatic carboxylic acids is 1. The highest BCUT2D eigenvalue weighted by molar-refractivity contribution is 7.16. The summed E-state index contributed by atoms with van der Waals surface area (Å²) in [7, 11) is 0. The Balaban J connectivity index is 2.15. The highest BCUT2D eigenvalue weighted by Crippen LogP contribution is 2.33. The van der Waals surface area contributed by atoms with Crippen LogP contribution >= 0.6 is 11.3 Å². The lowest BCUT2D eigenvalue weighted by molar-refractivity contribution is -0.136. The third kappa shape index (κ3) is 2.65. The van der Waals surface area contributed by atoms with E-state index in [4.69, 9.17) is 5.11 Å². The van der Waals surface area contributed by atoms with Crippen LogP contribution in [0.5, 0.6) is 0 Å². The molecule has 0 bridgehead atoms. The molecule has 0 aliphatic rings. The minimum absolute atomic E-state index is 0.202. The number of para-hydroxylation sites is 1. The quantitative estimate of drug-likeness (QED) is 0.760. The molecule has 2 N–H and O–H groups in total. The third-order valence-corrected chi connectivity index (χ3v) is 4.23. The number of carboxylic acids is 1. The number of nitrogens with zero attached hydrogens (tertiary/aromatic N) is 1. The van der Waals surface area contributed by atoms with E-state index in [-0.39, 0.29) is 12.1 Å². The van der Waals surface area contributed by atoms with Crippen LogP contribution in [0.25, 0.3) is 10.2 Å². The van der Waals surface area contributed by atoms with Gasteiger partial charge in [-0.15, -0.1) is 11.3 Å². The van der Waals surface area contributed by atoms with Crippen LogP contribution in [-0.4, -0.2) is 16.1 Å². The first-order valence-corrected chi connectivity index (χ1v) is 7.53. The Labute approximate surface area is 130 Å². The summed E-state index contributed by atoms with van der Waals surface area (Å²) in [5.41, 5.74) is 4.31. The molecular weight excluding hydrogens is 303 g/mol. The number of thiazole rings is 1. The monoisotopic (exact) mass is 316 g/mol. The van der Waals surface area contributed by atoms with Crippen molar-refractivity contribution in [3.63, 3.8) is 0 Å². The number of aryl methyl sites for hydroxylation is 1. The molecule has 0 unspecified atom stereocenters. The van der Waals surface area contributed by atoms with Crippen molar-refractivity contribution in [3.05, 3.63) is 52.8 Å². The summed E-state index contributed by atoms with van der Waals surface area (Å²) < 4.78 is 15.2. The van der Waals surface area contributed by atoms with Gasteiger partial charge in [-0.1, -0.05) is 18.2 Å². The second-order valence-corrected chi connectivity index (χ2v) is 5.79. The Kier molecular flexibility index (Phi) is 3.77. The zero-order chi connectivity index (χ0) is 15.7. The number of hydrogen-bond donors (Lipinski definition) is 2. The maximum atomic E-state index is 14.7. The number of carboxylic acid groups (broad SMARTS) is 1. The fourth-order valence-corrected chi connectivity index (χ4v) is 3.01. The average molecular weight is 316 g/mol. The molecule has 0 saturated heterocycles. The summed E-state index contributed by atoms with van der Waals surface area (Å²) in [4.78, 5) is 15.1. The van der Waals surface area contributed by atoms with E-state index < -0.39 is 11.8 Å². The summed E-state index contributed by atoms with van der Waals surface area (Å²) in [5, 5.41) is 12.1. The molecule has 0 aliphatic carbocycles.